The molecule has 1 fully saturated rings. The molecule has 1 aromatic rings. The smallest absolute Gasteiger partial charge is 0.127 e. The number of hydrogen-bond donors (Lipinski definition) is 1. The van der Waals surface area contributed by atoms with Crippen molar-refractivity contribution in [1.29, 1.82) is 0 Å². The zero-order valence-corrected chi connectivity index (χ0v) is 9.83. The van der Waals surface area contributed by atoms with Crippen molar-refractivity contribution < 1.29 is 4.74 Å². The van der Waals surface area contributed by atoms with E-state index in [1.807, 2.05) is 18.2 Å². The molecule has 82 valence electrons. The first kappa shape index (κ1) is 11.1. The van der Waals surface area contributed by atoms with E-state index in [1.54, 1.807) is 0 Å². The van der Waals surface area contributed by atoms with E-state index in [2.05, 4.69) is 5.32 Å². The highest BCUT2D eigenvalue weighted by molar-refractivity contribution is 6.30. The van der Waals surface area contributed by atoms with Crippen LogP contribution < -0.4 is 10.1 Å². The minimum atomic E-state index is 0. The van der Waals surface area contributed by atoms with E-state index in [0.717, 1.165) is 36.7 Å². The van der Waals surface area contributed by atoms with Gasteiger partial charge < -0.3 is 10.1 Å². The zero-order valence-electron chi connectivity index (χ0n) is 8.25. The van der Waals surface area contributed by atoms with E-state index in [4.69, 9.17) is 16.3 Å². The summed E-state index contributed by atoms with van der Waals surface area (Å²) in [6.07, 6.45) is 2.09. The second kappa shape index (κ2) is 3.85. The third-order valence-electron chi connectivity index (χ3n) is 3.07. The molecule has 1 atom stereocenters. The van der Waals surface area contributed by atoms with Gasteiger partial charge in [0.25, 0.3) is 0 Å². The molecule has 3 rings (SSSR count). The van der Waals surface area contributed by atoms with E-state index in [1.165, 1.54) is 5.56 Å². The van der Waals surface area contributed by atoms with E-state index in [9.17, 15) is 0 Å². The van der Waals surface area contributed by atoms with Gasteiger partial charge in [-0.1, -0.05) is 11.6 Å². The van der Waals surface area contributed by atoms with Crippen LogP contribution in [0.25, 0.3) is 0 Å². The van der Waals surface area contributed by atoms with Gasteiger partial charge in [-0.05, 0) is 30.3 Å². The van der Waals surface area contributed by atoms with Crippen LogP contribution in [0.3, 0.4) is 0 Å². The summed E-state index contributed by atoms with van der Waals surface area (Å²) in [6, 6.07) is 5.89. The third kappa shape index (κ3) is 1.82. The van der Waals surface area contributed by atoms with E-state index >= 15 is 0 Å². The molecule has 0 amide bonds. The van der Waals surface area contributed by atoms with Crippen molar-refractivity contribution >= 4 is 24.0 Å². The molecule has 2 aliphatic rings. The van der Waals surface area contributed by atoms with Crippen LogP contribution in [0.4, 0.5) is 0 Å². The molecule has 2 aliphatic heterocycles. The van der Waals surface area contributed by atoms with Gasteiger partial charge >= 0.3 is 0 Å². The molecule has 1 saturated heterocycles. The molecule has 1 aromatic carbocycles. The lowest BCUT2D eigenvalue weighted by Gasteiger charge is -2.21. The minimum Gasteiger partial charge on any atom is -0.485 e. The monoisotopic (exact) mass is 245 g/mol. The predicted molar refractivity (Wildman–Crippen MR) is 63.2 cm³/mol. The molecule has 1 unspecified atom stereocenters. The van der Waals surface area contributed by atoms with Crippen molar-refractivity contribution in [2.24, 2.45) is 0 Å². The maximum atomic E-state index is 5.99. The van der Waals surface area contributed by atoms with Crippen molar-refractivity contribution in [1.82, 2.24) is 5.32 Å². The maximum absolute atomic E-state index is 5.99. The first-order chi connectivity index (χ1) is 6.77. The molecule has 0 bridgehead atoms. The van der Waals surface area contributed by atoms with Crippen molar-refractivity contribution in [2.75, 3.05) is 13.1 Å². The van der Waals surface area contributed by atoms with Crippen LogP contribution >= 0.6 is 24.0 Å². The lowest BCUT2D eigenvalue weighted by Crippen LogP contribution is -2.36. The van der Waals surface area contributed by atoms with Gasteiger partial charge in [-0.25, -0.2) is 0 Å². The molecule has 15 heavy (non-hydrogen) atoms. The second-order valence-electron chi connectivity index (χ2n) is 4.14. The number of rotatable bonds is 0. The van der Waals surface area contributed by atoms with Crippen LogP contribution in [0, 0.1) is 0 Å². The Balaban J connectivity index is 0.000000853. The van der Waals surface area contributed by atoms with Crippen molar-refractivity contribution in [3.63, 3.8) is 0 Å². The Morgan fingerprint density at radius 3 is 3.00 bits per heavy atom. The number of halogens is 2. The van der Waals surface area contributed by atoms with Crippen LogP contribution in [0.15, 0.2) is 18.2 Å². The molecule has 0 aromatic heterocycles. The molecule has 0 saturated carbocycles. The first-order valence-corrected chi connectivity index (χ1v) is 5.33. The summed E-state index contributed by atoms with van der Waals surface area (Å²) < 4.78 is 5.99. The summed E-state index contributed by atoms with van der Waals surface area (Å²) in [7, 11) is 0. The van der Waals surface area contributed by atoms with Crippen LogP contribution in [0.1, 0.15) is 12.0 Å². The topological polar surface area (TPSA) is 21.3 Å². The standard InChI is InChI=1S/C11H12ClNO.ClH/c12-9-1-2-10-8(5-9)6-11(14-10)3-4-13-7-11;/h1-2,5,13H,3-4,6-7H2;1H. The maximum Gasteiger partial charge on any atom is 0.127 e. The van der Waals surface area contributed by atoms with Gasteiger partial charge in [0.1, 0.15) is 11.4 Å². The van der Waals surface area contributed by atoms with Gasteiger partial charge in [0.15, 0.2) is 0 Å². The number of fused-ring (bicyclic) bond motifs is 1. The Hall–Kier alpha value is -0.440. The largest absolute Gasteiger partial charge is 0.485 e. The van der Waals surface area contributed by atoms with Gasteiger partial charge in [0, 0.05) is 24.4 Å². The first-order valence-electron chi connectivity index (χ1n) is 4.96. The van der Waals surface area contributed by atoms with E-state index < -0.39 is 0 Å². The minimum absolute atomic E-state index is 0. The molecular formula is C11H13Cl2NO. The number of ether oxygens (including phenoxy) is 1. The molecule has 4 heteroatoms. The molecule has 1 spiro atoms. The van der Waals surface area contributed by atoms with Crippen molar-refractivity contribution in [2.45, 2.75) is 18.4 Å². The Morgan fingerprint density at radius 2 is 2.27 bits per heavy atom. The lowest BCUT2D eigenvalue weighted by atomic mass is 9.96. The summed E-state index contributed by atoms with van der Waals surface area (Å²) in [6.45, 7) is 2.01. The van der Waals surface area contributed by atoms with Crippen LogP contribution in [-0.2, 0) is 6.42 Å². The third-order valence-corrected chi connectivity index (χ3v) is 3.30. The fourth-order valence-corrected chi connectivity index (χ4v) is 2.56. The number of benzene rings is 1. The average molecular weight is 246 g/mol. The summed E-state index contributed by atoms with van der Waals surface area (Å²) in [5, 5.41) is 4.15. The van der Waals surface area contributed by atoms with E-state index in [0.29, 0.717) is 0 Å². The van der Waals surface area contributed by atoms with Gasteiger partial charge in [-0.3, -0.25) is 0 Å². The van der Waals surface area contributed by atoms with Gasteiger partial charge in [0.2, 0.25) is 0 Å². The molecule has 2 nitrogen and oxygen atoms in total. The summed E-state index contributed by atoms with van der Waals surface area (Å²) in [4.78, 5) is 0. The van der Waals surface area contributed by atoms with Gasteiger partial charge in [0.05, 0.1) is 0 Å². The number of nitrogens with one attached hydrogen (secondary N) is 1. The Morgan fingerprint density at radius 1 is 1.40 bits per heavy atom. The summed E-state index contributed by atoms with van der Waals surface area (Å²) in [5.74, 6) is 1.01. The van der Waals surface area contributed by atoms with Crippen LogP contribution in [0.2, 0.25) is 5.02 Å². The predicted octanol–water partition coefficient (Wildman–Crippen LogP) is 2.43. The fraction of sp³-hybridized carbons (Fsp3) is 0.455. The Labute approximate surface area is 100 Å². The average Bonchev–Trinajstić information content (AvgIpc) is 2.72. The highest BCUT2D eigenvalue weighted by atomic mass is 35.5. The quantitative estimate of drug-likeness (QED) is 0.759. The fourth-order valence-electron chi connectivity index (χ4n) is 2.36. The molecule has 1 N–H and O–H groups in total. The summed E-state index contributed by atoms with van der Waals surface area (Å²) in [5.41, 5.74) is 1.27. The van der Waals surface area contributed by atoms with Gasteiger partial charge in [-0.15, -0.1) is 12.4 Å². The second-order valence-corrected chi connectivity index (χ2v) is 4.58. The molecule has 0 radical (unpaired) electrons. The SMILES string of the molecule is Cl.Clc1ccc2c(c1)CC1(CCNC1)O2. The molecular weight excluding hydrogens is 233 g/mol. The number of hydrogen-bond acceptors (Lipinski definition) is 2. The van der Waals surface area contributed by atoms with Crippen LogP contribution in [0.5, 0.6) is 5.75 Å². The summed E-state index contributed by atoms with van der Waals surface area (Å²) >= 11 is 5.95. The highest BCUT2D eigenvalue weighted by Gasteiger charge is 2.41. The van der Waals surface area contributed by atoms with Crippen molar-refractivity contribution in [3.05, 3.63) is 28.8 Å². The Bertz CT molecular complexity index is 375. The zero-order chi connectivity index (χ0) is 9.60. The van der Waals surface area contributed by atoms with Crippen molar-refractivity contribution in [3.8, 4) is 5.75 Å². The van der Waals surface area contributed by atoms with E-state index in [-0.39, 0.29) is 18.0 Å². The molecule has 0 aliphatic carbocycles. The lowest BCUT2D eigenvalue weighted by molar-refractivity contribution is 0.118. The molecule has 2 heterocycles. The normalized spacial score (nSPS) is 27.3. The van der Waals surface area contributed by atoms with Crippen LogP contribution in [-0.4, -0.2) is 18.7 Å². The highest BCUT2D eigenvalue weighted by Crippen LogP contribution is 2.39. The Kier molecular flexibility index (Phi) is 2.84. The van der Waals surface area contributed by atoms with Gasteiger partial charge in [-0.2, -0.15) is 0 Å².